The van der Waals surface area contributed by atoms with E-state index in [4.69, 9.17) is 5.73 Å². The summed E-state index contributed by atoms with van der Waals surface area (Å²) >= 11 is 0. The molecule has 1 rings (SSSR count). The molecule has 2 atom stereocenters. The van der Waals surface area contributed by atoms with Gasteiger partial charge in [0, 0.05) is 12.1 Å². The van der Waals surface area contributed by atoms with Crippen LogP contribution >= 0.6 is 0 Å². The fraction of sp³-hybridized carbons (Fsp3) is 0.833. The molecule has 0 aromatic heterocycles. The van der Waals surface area contributed by atoms with E-state index >= 15 is 0 Å². The van der Waals surface area contributed by atoms with Crippen LogP contribution < -0.4 is 11.1 Å². The SMILES string of the molecule is C/C=C/CCNC1(CN)CCC(C)C1. The zero-order valence-corrected chi connectivity index (χ0v) is 9.55. The fourth-order valence-electron chi connectivity index (χ4n) is 2.40. The van der Waals surface area contributed by atoms with Crippen LogP contribution in [0.4, 0.5) is 0 Å². The van der Waals surface area contributed by atoms with Crippen molar-refractivity contribution in [3.05, 3.63) is 12.2 Å². The predicted molar refractivity (Wildman–Crippen MR) is 62.2 cm³/mol. The van der Waals surface area contributed by atoms with Gasteiger partial charge in [0.1, 0.15) is 0 Å². The smallest absolute Gasteiger partial charge is 0.0306 e. The average Bonchev–Trinajstić information content (AvgIpc) is 2.56. The lowest BCUT2D eigenvalue weighted by Gasteiger charge is -2.29. The summed E-state index contributed by atoms with van der Waals surface area (Å²) in [6.45, 7) is 6.24. The minimum absolute atomic E-state index is 0.251. The fourth-order valence-corrected chi connectivity index (χ4v) is 2.40. The lowest BCUT2D eigenvalue weighted by molar-refractivity contribution is 0.334. The maximum atomic E-state index is 5.87. The van der Waals surface area contributed by atoms with Gasteiger partial charge >= 0.3 is 0 Å². The van der Waals surface area contributed by atoms with Crippen LogP contribution in [0.5, 0.6) is 0 Å². The molecule has 1 fully saturated rings. The molecule has 14 heavy (non-hydrogen) atoms. The molecule has 0 saturated heterocycles. The molecule has 2 heteroatoms. The first-order valence-electron chi connectivity index (χ1n) is 5.79. The first kappa shape index (κ1) is 11.7. The van der Waals surface area contributed by atoms with Crippen LogP contribution in [0.3, 0.4) is 0 Å². The van der Waals surface area contributed by atoms with Crippen molar-refractivity contribution in [2.45, 2.75) is 45.1 Å². The predicted octanol–water partition coefficient (Wildman–Crippen LogP) is 2.06. The van der Waals surface area contributed by atoms with Crippen molar-refractivity contribution >= 4 is 0 Å². The van der Waals surface area contributed by atoms with Crippen molar-refractivity contribution in [3.8, 4) is 0 Å². The minimum atomic E-state index is 0.251. The van der Waals surface area contributed by atoms with Gasteiger partial charge in [-0.05, 0) is 45.1 Å². The van der Waals surface area contributed by atoms with Gasteiger partial charge < -0.3 is 11.1 Å². The van der Waals surface area contributed by atoms with Crippen LogP contribution in [0.2, 0.25) is 0 Å². The van der Waals surface area contributed by atoms with Crippen molar-refractivity contribution in [2.75, 3.05) is 13.1 Å². The van der Waals surface area contributed by atoms with E-state index in [1.807, 2.05) is 0 Å². The van der Waals surface area contributed by atoms with Crippen LogP contribution in [0.25, 0.3) is 0 Å². The second-order valence-corrected chi connectivity index (χ2v) is 4.62. The van der Waals surface area contributed by atoms with Gasteiger partial charge in [-0.25, -0.2) is 0 Å². The molecular formula is C12H24N2. The van der Waals surface area contributed by atoms with E-state index in [1.54, 1.807) is 0 Å². The molecule has 2 unspecified atom stereocenters. The molecule has 2 nitrogen and oxygen atoms in total. The van der Waals surface area contributed by atoms with Crippen molar-refractivity contribution in [1.82, 2.24) is 5.32 Å². The molecule has 0 heterocycles. The second-order valence-electron chi connectivity index (χ2n) is 4.62. The Morgan fingerprint density at radius 2 is 2.36 bits per heavy atom. The Morgan fingerprint density at radius 1 is 1.57 bits per heavy atom. The van der Waals surface area contributed by atoms with Crippen LogP contribution in [-0.2, 0) is 0 Å². The summed E-state index contributed by atoms with van der Waals surface area (Å²) in [5.74, 6) is 0.841. The van der Waals surface area contributed by atoms with Crippen molar-refractivity contribution in [3.63, 3.8) is 0 Å². The number of rotatable bonds is 5. The van der Waals surface area contributed by atoms with Crippen LogP contribution in [0.1, 0.15) is 39.5 Å². The van der Waals surface area contributed by atoms with Gasteiger partial charge in [-0.1, -0.05) is 19.1 Å². The Kier molecular flexibility index (Phi) is 4.63. The molecule has 3 N–H and O–H groups in total. The van der Waals surface area contributed by atoms with Crippen LogP contribution in [-0.4, -0.2) is 18.6 Å². The molecule has 1 aliphatic carbocycles. The maximum Gasteiger partial charge on any atom is 0.0306 e. The van der Waals surface area contributed by atoms with Gasteiger partial charge in [0.25, 0.3) is 0 Å². The summed E-state index contributed by atoms with van der Waals surface area (Å²) in [4.78, 5) is 0. The van der Waals surface area contributed by atoms with Crippen LogP contribution in [0.15, 0.2) is 12.2 Å². The zero-order chi connectivity index (χ0) is 10.4. The summed E-state index contributed by atoms with van der Waals surface area (Å²) in [5.41, 5.74) is 6.12. The molecule has 0 aliphatic heterocycles. The van der Waals surface area contributed by atoms with Crippen molar-refractivity contribution in [2.24, 2.45) is 11.7 Å². The summed E-state index contributed by atoms with van der Waals surface area (Å²) in [6.07, 6.45) is 9.25. The highest BCUT2D eigenvalue weighted by molar-refractivity contribution is 4.96. The van der Waals surface area contributed by atoms with Gasteiger partial charge in [0.15, 0.2) is 0 Å². The summed E-state index contributed by atoms with van der Waals surface area (Å²) in [7, 11) is 0. The van der Waals surface area contributed by atoms with Crippen LogP contribution in [0, 0.1) is 5.92 Å². The third-order valence-electron chi connectivity index (χ3n) is 3.29. The quantitative estimate of drug-likeness (QED) is 0.522. The van der Waals surface area contributed by atoms with Gasteiger partial charge in [-0.15, -0.1) is 0 Å². The first-order valence-corrected chi connectivity index (χ1v) is 5.79. The third-order valence-corrected chi connectivity index (χ3v) is 3.29. The van der Waals surface area contributed by atoms with Crippen molar-refractivity contribution < 1.29 is 0 Å². The molecule has 0 bridgehead atoms. The van der Waals surface area contributed by atoms with E-state index in [9.17, 15) is 0 Å². The number of nitrogens with one attached hydrogen (secondary N) is 1. The number of hydrogen-bond acceptors (Lipinski definition) is 2. The molecule has 1 saturated carbocycles. The van der Waals surface area contributed by atoms with Gasteiger partial charge in [-0.3, -0.25) is 0 Å². The topological polar surface area (TPSA) is 38.0 Å². The number of hydrogen-bond donors (Lipinski definition) is 2. The molecule has 0 radical (unpaired) electrons. The van der Waals surface area contributed by atoms with E-state index in [0.717, 1.165) is 25.4 Å². The number of allylic oxidation sites excluding steroid dienone is 1. The Balaban J connectivity index is 2.31. The Bertz CT molecular complexity index is 189. The van der Waals surface area contributed by atoms with Crippen molar-refractivity contribution in [1.29, 1.82) is 0 Å². The first-order chi connectivity index (χ1) is 6.72. The molecule has 0 amide bonds. The van der Waals surface area contributed by atoms with Gasteiger partial charge in [0.2, 0.25) is 0 Å². The van der Waals surface area contributed by atoms with E-state index in [2.05, 4.69) is 31.3 Å². The molecule has 82 valence electrons. The van der Waals surface area contributed by atoms with E-state index in [-0.39, 0.29) is 5.54 Å². The highest BCUT2D eigenvalue weighted by atomic mass is 15.0. The van der Waals surface area contributed by atoms with Gasteiger partial charge in [0.05, 0.1) is 0 Å². The van der Waals surface area contributed by atoms with E-state index in [0.29, 0.717) is 0 Å². The highest BCUT2D eigenvalue weighted by Crippen LogP contribution is 2.33. The van der Waals surface area contributed by atoms with E-state index in [1.165, 1.54) is 19.3 Å². The average molecular weight is 196 g/mol. The normalized spacial score (nSPS) is 32.9. The molecule has 1 aliphatic rings. The standard InChI is InChI=1S/C12H24N2/c1-3-4-5-8-14-12(10-13)7-6-11(2)9-12/h3-4,11,14H,5-10,13H2,1-2H3/b4-3+. The largest absolute Gasteiger partial charge is 0.329 e. The Morgan fingerprint density at radius 3 is 2.86 bits per heavy atom. The minimum Gasteiger partial charge on any atom is -0.329 e. The monoisotopic (exact) mass is 196 g/mol. The van der Waals surface area contributed by atoms with Gasteiger partial charge in [-0.2, -0.15) is 0 Å². The Labute approximate surface area is 87.9 Å². The maximum absolute atomic E-state index is 5.87. The summed E-state index contributed by atoms with van der Waals surface area (Å²) in [6, 6.07) is 0. The lowest BCUT2D eigenvalue weighted by atomic mass is 9.96. The molecule has 0 spiro atoms. The molecule has 0 aromatic carbocycles. The summed E-state index contributed by atoms with van der Waals surface area (Å²) in [5, 5.41) is 3.63. The highest BCUT2D eigenvalue weighted by Gasteiger charge is 2.35. The third kappa shape index (κ3) is 3.10. The molecular weight excluding hydrogens is 172 g/mol. The van der Waals surface area contributed by atoms with E-state index < -0.39 is 0 Å². The number of nitrogens with two attached hydrogens (primary N) is 1. The zero-order valence-electron chi connectivity index (χ0n) is 9.55. The summed E-state index contributed by atoms with van der Waals surface area (Å²) < 4.78 is 0. The second kappa shape index (κ2) is 5.52. The lowest BCUT2D eigenvalue weighted by Crippen LogP contribution is -2.49. The molecule has 0 aromatic rings. The Hall–Kier alpha value is -0.340.